The molecule has 0 atom stereocenters. The molecule has 10 nitrogen and oxygen atoms in total. The van der Waals surface area contributed by atoms with Crippen LogP contribution in [0.5, 0.6) is 5.75 Å². The number of aromatic nitrogens is 5. The van der Waals surface area contributed by atoms with Gasteiger partial charge in [-0.3, -0.25) is 19.5 Å². The fraction of sp³-hybridized carbons (Fsp3) is 0.250. The van der Waals surface area contributed by atoms with E-state index in [1.54, 1.807) is 23.9 Å². The fourth-order valence-corrected chi connectivity index (χ4v) is 6.13. The molecule has 0 fully saturated rings. The standard InChI is InChI=1S/C24H23Cl2N7O3S3/c1-3-37-24-32-30-22(39-24)28-21(35)13-38-23-31-29-19(33(23)16-6-4-5-14(2)9-16)11-27-20(34)12-36-18-8-7-15(25)10-17(18)26/h4-10H,3,11-13H2,1-2H3,(H,27,34)(H,28,30,35). The minimum Gasteiger partial charge on any atom is -0.482 e. The topological polar surface area (TPSA) is 124 Å². The van der Waals surface area contributed by atoms with Crippen molar-refractivity contribution in [3.05, 3.63) is 63.9 Å². The highest BCUT2D eigenvalue weighted by Crippen LogP contribution is 2.28. The first-order valence-corrected chi connectivity index (χ1v) is 15.1. The molecule has 0 saturated heterocycles. The fourth-order valence-electron chi connectivity index (χ4n) is 3.23. The van der Waals surface area contributed by atoms with Gasteiger partial charge in [0.05, 0.1) is 17.3 Å². The van der Waals surface area contributed by atoms with Crippen LogP contribution in [0.1, 0.15) is 18.3 Å². The van der Waals surface area contributed by atoms with Gasteiger partial charge in [0, 0.05) is 10.7 Å². The summed E-state index contributed by atoms with van der Waals surface area (Å²) in [5.74, 6) is 1.19. The zero-order valence-electron chi connectivity index (χ0n) is 20.8. The maximum absolute atomic E-state index is 12.6. The number of hydrogen-bond acceptors (Lipinski definition) is 10. The van der Waals surface area contributed by atoms with Crippen LogP contribution in [0.4, 0.5) is 5.13 Å². The van der Waals surface area contributed by atoms with Crippen molar-refractivity contribution in [1.82, 2.24) is 30.3 Å². The van der Waals surface area contributed by atoms with Gasteiger partial charge >= 0.3 is 0 Å². The van der Waals surface area contributed by atoms with Crippen LogP contribution in [0, 0.1) is 6.92 Å². The van der Waals surface area contributed by atoms with Crippen LogP contribution in [-0.2, 0) is 16.1 Å². The maximum Gasteiger partial charge on any atom is 0.258 e. The number of carbonyl (C=O) groups is 2. The van der Waals surface area contributed by atoms with Gasteiger partial charge in [0.2, 0.25) is 11.0 Å². The monoisotopic (exact) mass is 623 g/mol. The normalized spacial score (nSPS) is 10.9. The SMILES string of the molecule is CCSc1nnc(NC(=O)CSc2nnc(CNC(=O)COc3ccc(Cl)cc3Cl)n2-c2cccc(C)c2)s1. The Hall–Kier alpha value is -2.84. The van der Waals surface area contributed by atoms with Gasteiger partial charge in [0.1, 0.15) is 5.75 Å². The number of anilines is 1. The second kappa shape index (κ2) is 14.0. The second-order valence-corrected chi connectivity index (χ2v) is 12.1. The number of aryl methyl sites for hydroxylation is 1. The molecule has 0 radical (unpaired) electrons. The van der Waals surface area contributed by atoms with Crippen molar-refractivity contribution in [1.29, 1.82) is 0 Å². The minimum atomic E-state index is -0.369. The van der Waals surface area contributed by atoms with Crippen molar-refractivity contribution in [2.45, 2.75) is 29.9 Å². The Morgan fingerprint density at radius 2 is 1.90 bits per heavy atom. The lowest BCUT2D eigenvalue weighted by Gasteiger charge is -2.12. The molecule has 4 rings (SSSR count). The van der Waals surface area contributed by atoms with Gasteiger partial charge in [-0.2, -0.15) is 0 Å². The summed E-state index contributed by atoms with van der Waals surface area (Å²) in [6, 6.07) is 12.5. The third-order valence-electron chi connectivity index (χ3n) is 4.91. The zero-order chi connectivity index (χ0) is 27.8. The molecule has 0 unspecified atom stereocenters. The van der Waals surface area contributed by atoms with Gasteiger partial charge in [0.25, 0.3) is 5.91 Å². The molecule has 2 heterocycles. The Morgan fingerprint density at radius 3 is 2.67 bits per heavy atom. The molecule has 204 valence electrons. The van der Waals surface area contributed by atoms with E-state index < -0.39 is 0 Å². The van der Waals surface area contributed by atoms with Crippen LogP contribution >= 0.6 is 58.1 Å². The molecule has 2 aromatic carbocycles. The number of nitrogens with zero attached hydrogens (tertiary/aromatic N) is 5. The quantitative estimate of drug-likeness (QED) is 0.160. The Morgan fingerprint density at radius 1 is 1.05 bits per heavy atom. The molecule has 2 aromatic heterocycles. The lowest BCUT2D eigenvalue weighted by molar-refractivity contribution is -0.123. The average Bonchev–Trinajstić information content (AvgIpc) is 3.52. The minimum absolute atomic E-state index is 0.0852. The second-order valence-electron chi connectivity index (χ2n) is 7.86. The Labute approximate surface area is 247 Å². The molecule has 2 amide bonds. The van der Waals surface area contributed by atoms with E-state index in [0.717, 1.165) is 21.3 Å². The first kappa shape index (κ1) is 29.2. The van der Waals surface area contributed by atoms with E-state index in [1.165, 1.54) is 29.2 Å². The van der Waals surface area contributed by atoms with Crippen molar-refractivity contribution in [3.8, 4) is 11.4 Å². The molecule has 2 N–H and O–H groups in total. The van der Waals surface area contributed by atoms with E-state index in [0.29, 0.717) is 31.9 Å². The van der Waals surface area contributed by atoms with Crippen LogP contribution in [0.2, 0.25) is 10.0 Å². The van der Waals surface area contributed by atoms with Gasteiger partial charge in [-0.15, -0.1) is 20.4 Å². The number of amides is 2. The number of carbonyl (C=O) groups excluding carboxylic acids is 2. The lowest BCUT2D eigenvalue weighted by Crippen LogP contribution is -2.29. The smallest absolute Gasteiger partial charge is 0.258 e. The van der Waals surface area contributed by atoms with Gasteiger partial charge in [-0.25, -0.2) is 0 Å². The van der Waals surface area contributed by atoms with Gasteiger partial charge in [0.15, 0.2) is 21.9 Å². The zero-order valence-corrected chi connectivity index (χ0v) is 24.8. The molecular formula is C24H23Cl2N7O3S3. The molecule has 0 aliphatic heterocycles. The summed E-state index contributed by atoms with van der Waals surface area (Å²) >= 11 is 16.1. The summed E-state index contributed by atoms with van der Waals surface area (Å²) in [4.78, 5) is 25.0. The highest BCUT2D eigenvalue weighted by Gasteiger charge is 2.18. The van der Waals surface area contributed by atoms with Crippen molar-refractivity contribution >= 4 is 75.0 Å². The predicted octanol–water partition coefficient (Wildman–Crippen LogP) is 5.27. The highest BCUT2D eigenvalue weighted by atomic mass is 35.5. The molecule has 0 aliphatic carbocycles. The number of hydrogen-bond donors (Lipinski definition) is 2. The summed E-state index contributed by atoms with van der Waals surface area (Å²) in [7, 11) is 0. The van der Waals surface area contributed by atoms with Gasteiger partial charge < -0.3 is 10.1 Å². The van der Waals surface area contributed by atoms with Crippen molar-refractivity contribution in [3.63, 3.8) is 0 Å². The molecular weight excluding hydrogens is 601 g/mol. The predicted molar refractivity (Wildman–Crippen MR) is 156 cm³/mol. The molecule has 0 bridgehead atoms. The Kier molecular flexibility index (Phi) is 10.5. The first-order valence-electron chi connectivity index (χ1n) is 11.6. The number of ether oxygens (including phenoxy) is 1. The summed E-state index contributed by atoms with van der Waals surface area (Å²) < 4.78 is 8.11. The van der Waals surface area contributed by atoms with E-state index >= 15 is 0 Å². The molecule has 39 heavy (non-hydrogen) atoms. The van der Waals surface area contributed by atoms with Crippen LogP contribution in [0.3, 0.4) is 0 Å². The number of thioether (sulfide) groups is 2. The highest BCUT2D eigenvalue weighted by molar-refractivity contribution is 8.01. The van der Waals surface area contributed by atoms with E-state index in [4.69, 9.17) is 27.9 Å². The van der Waals surface area contributed by atoms with Crippen molar-refractivity contribution in [2.24, 2.45) is 0 Å². The number of halogens is 2. The van der Waals surface area contributed by atoms with Crippen LogP contribution < -0.4 is 15.4 Å². The van der Waals surface area contributed by atoms with Crippen LogP contribution in [-0.4, -0.2) is 54.9 Å². The first-order chi connectivity index (χ1) is 18.8. The Balaban J connectivity index is 1.41. The van der Waals surface area contributed by atoms with Crippen molar-refractivity contribution in [2.75, 3.05) is 23.4 Å². The van der Waals surface area contributed by atoms with Crippen LogP contribution in [0.15, 0.2) is 52.0 Å². The van der Waals surface area contributed by atoms with Crippen molar-refractivity contribution < 1.29 is 14.3 Å². The molecule has 0 spiro atoms. The van der Waals surface area contributed by atoms with E-state index in [2.05, 4.69) is 31.0 Å². The Bertz CT molecular complexity index is 1460. The van der Waals surface area contributed by atoms with Crippen LogP contribution in [0.25, 0.3) is 5.69 Å². The average molecular weight is 625 g/mol. The van der Waals surface area contributed by atoms with E-state index in [1.807, 2.05) is 42.7 Å². The third kappa shape index (κ3) is 8.32. The van der Waals surface area contributed by atoms with Gasteiger partial charge in [-0.1, -0.05) is 77.1 Å². The molecule has 15 heteroatoms. The largest absolute Gasteiger partial charge is 0.482 e. The van der Waals surface area contributed by atoms with Gasteiger partial charge in [-0.05, 0) is 48.6 Å². The maximum atomic E-state index is 12.6. The summed E-state index contributed by atoms with van der Waals surface area (Å²) in [6.45, 7) is 3.84. The summed E-state index contributed by atoms with van der Waals surface area (Å²) in [5.41, 5.74) is 1.84. The lowest BCUT2D eigenvalue weighted by atomic mass is 10.2. The number of nitrogens with one attached hydrogen (secondary N) is 2. The molecule has 0 aliphatic rings. The summed E-state index contributed by atoms with van der Waals surface area (Å²) in [5, 5.41) is 23.9. The van der Waals surface area contributed by atoms with E-state index in [-0.39, 0.29) is 30.7 Å². The summed E-state index contributed by atoms with van der Waals surface area (Å²) in [6.07, 6.45) is 0. The molecule has 4 aromatic rings. The number of rotatable bonds is 12. The molecule has 0 saturated carbocycles. The number of benzene rings is 2. The third-order valence-corrected chi connectivity index (χ3v) is 8.22. The van der Waals surface area contributed by atoms with E-state index in [9.17, 15) is 9.59 Å².